The van der Waals surface area contributed by atoms with Crippen LogP contribution in [0.2, 0.25) is 0 Å². The number of hydrogen-bond donors (Lipinski definition) is 2. The van der Waals surface area contributed by atoms with Gasteiger partial charge in [-0.15, -0.1) is 0 Å². The van der Waals surface area contributed by atoms with Gasteiger partial charge in [0.15, 0.2) is 11.5 Å². The maximum absolute atomic E-state index is 13.6. The maximum atomic E-state index is 13.6. The van der Waals surface area contributed by atoms with E-state index in [1.54, 1.807) is 18.2 Å². The van der Waals surface area contributed by atoms with Gasteiger partial charge in [0, 0.05) is 18.7 Å². The van der Waals surface area contributed by atoms with Crippen LogP contribution in [-0.4, -0.2) is 110 Å². The van der Waals surface area contributed by atoms with E-state index < -0.39 is 58.3 Å². The Morgan fingerprint density at radius 2 is 1.60 bits per heavy atom. The van der Waals surface area contributed by atoms with Crippen LogP contribution in [0, 0.1) is 11.3 Å². The number of imide groups is 3. The topological polar surface area (TPSA) is 203 Å². The molecule has 2 fully saturated rings. The van der Waals surface area contributed by atoms with Crippen molar-refractivity contribution in [2.24, 2.45) is 0 Å². The van der Waals surface area contributed by atoms with Gasteiger partial charge in [-0.1, -0.05) is 12.1 Å². The maximum Gasteiger partial charge on any atom is 0.420 e. The number of methoxy groups -OCH3 is 1. The van der Waals surface area contributed by atoms with Gasteiger partial charge in [-0.05, 0) is 72.3 Å². The largest absolute Gasteiger partial charge is 0.493 e. The summed E-state index contributed by atoms with van der Waals surface area (Å²) in [7, 11) is 1.29. The van der Waals surface area contributed by atoms with Crippen LogP contribution in [0.1, 0.15) is 50.2 Å². The summed E-state index contributed by atoms with van der Waals surface area (Å²) in [6.45, 7) is 1.46. The zero-order valence-electron chi connectivity index (χ0n) is 31.8. The first-order chi connectivity index (χ1) is 28.8. The molecule has 2 saturated heterocycles. The van der Waals surface area contributed by atoms with E-state index in [-0.39, 0.29) is 92.1 Å². The van der Waals surface area contributed by atoms with E-state index in [1.165, 1.54) is 43.5 Å². The number of amides is 6. The number of hydrogen-bond acceptors (Lipinski definition) is 14. The molecule has 6 rings (SSSR count). The smallest absolute Gasteiger partial charge is 0.420 e. The van der Waals surface area contributed by atoms with E-state index in [0.717, 1.165) is 27.6 Å². The Hall–Kier alpha value is -6.27. The normalized spacial score (nSPS) is 17.3. The molecule has 6 amide bonds. The number of benzene rings is 3. The van der Waals surface area contributed by atoms with Gasteiger partial charge >= 0.3 is 6.18 Å². The molecule has 16 nitrogen and oxygen atoms in total. The van der Waals surface area contributed by atoms with Crippen LogP contribution >= 0.6 is 11.8 Å². The van der Waals surface area contributed by atoms with Crippen molar-refractivity contribution in [3.8, 4) is 23.3 Å². The molecule has 0 radical (unpaired) electrons. The SMILES string of the molecule is COc1cc(/C=C2\SC(=O)N(CCOCCOCCOCCNc3cccc4c3C(=O)N(C3CCC(=O)NC3=O)C4=O)C2=O)ccc1Oc1ccc(C#N)cc1C(F)(F)F. The molecule has 60 heavy (non-hydrogen) atoms. The number of fused-ring (bicyclic) bond motifs is 1. The minimum atomic E-state index is -4.79. The second-order valence-corrected chi connectivity index (χ2v) is 14.1. The third-order valence-corrected chi connectivity index (χ3v) is 10.1. The first kappa shape index (κ1) is 43.3. The van der Waals surface area contributed by atoms with Gasteiger partial charge in [0.1, 0.15) is 11.8 Å². The summed E-state index contributed by atoms with van der Waals surface area (Å²) in [4.78, 5) is 77.7. The van der Waals surface area contributed by atoms with Crippen molar-refractivity contribution in [3.05, 3.63) is 87.3 Å². The van der Waals surface area contributed by atoms with Gasteiger partial charge in [0.2, 0.25) is 11.8 Å². The van der Waals surface area contributed by atoms with E-state index in [9.17, 15) is 41.9 Å². The Labute approximate surface area is 344 Å². The summed E-state index contributed by atoms with van der Waals surface area (Å²) < 4.78 is 68.4. The Bertz CT molecular complexity index is 2280. The van der Waals surface area contributed by atoms with Gasteiger partial charge in [-0.25, -0.2) is 0 Å². The van der Waals surface area contributed by atoms with Gasteiger partial charge < -0.3 is 29.0 Å². The number of carbonyl (C=O) groups excluding carboxylic acids is 6. The number of halogens is 3. The number of nitriles is 1. The van der Waals surface area contributed by atoms with Crippen molar-refractivity contribution < 1.29 is 65.6 Å². The molecule has 0 bridgehead atoms. The van der Waals surface area contributed by atoms with Crippen LogP contribution in [0.25, 0.3) is 6.08 Å². The van der Waals surface area contributed by atoms with E-state index in [2.05, 4.69) is 10.6 Å². The molecule has 2 N–H and O–H groups in total. The molecule has 3 heterocycles. The third-order valence-electron chi connectivity index (χ3n) is 9.23. The van der Waals surface area contributed by atoms with E-state index in [0.29, 0.717) is 23.9 Å². The monoisotopic (exact) mass is 851 g/mol. The lowest BCUT2D eigenvalue weighted by atomic mass is 10.0. The zero-order chi connectivity index (χ0) is 43.0. The van der Waals surface area contributed by atoms with Crippen LogP contribution in [-0.2, 0) is 34.8 Å². The molecule has 3 aliphatic rings. The standard InChI is InChI=1S/C40H36F3N5O11S/c1-55-31-20-23(5-9-30(31)59-29-8-6-24(22-44)19-26(29)40(41,42)43)21-32-37(52)47(39(54)60-32)12-14-57-16-18-58-17-15-56-13-11-45-27-4-2-3-25-34(27)38(53)48(36(25)51)28-7-10-33(49)46-35(28)50/h2-6,8-9,19-21,28,45H,7,10-18H2,1H3,(H,46,49,50)/b32-21-. The molecule has 1 unspecified atom stereocenters. The number of nitrogens with zero attached hydrogens (tertiary/aromatic N) is 3. The minimum Gasteiger partial charge on any atom is -0.493 e. The minimum absolute atomic E-state index is 0.0142. The zero-order valence-corrected chi connectivity index (χ0v) is 32.6. The Kier molecular flexibility index (Phi) is 13.9. The van der Waals surface area contributed by atoms with Crippen molar-refractivity contribution in [2.45, 2.75) is 25.1 Å². The molecular weight excluding hydrogens is 816 g/mol. The van der Waals surface area contributed by atoms with Gasteiger partial charge in [-0.2, -0.15) is 18.4 Å². The van der Waals surface area contributed by atoms with Crippen LogP contribution in [0.3, 0.4) is 0 Å². The first-order valence-corrected chi connectivity index (χ1v) is 19.2. The van der Waals surface area contributed by atoms with E-state index >= 15 is 0 Å². The number of rotatable bonds is 18. The molecule has 20 heteroatoms. The van der Waals surface area contributed by atoms with Crippen molar-refractivity contribution in [3.63, 3.8) is 0 Å². The summed E-state index contributed by atoms with van der Waals surface area (Å²) in [5.74, 6) is -3.41. The van der Waals surface area contributed by atoms with Gasteiger partial charge in [0.25, 0.3) is 23.0 Å². The number of piperidine rings is 1. The molecule has 0 aromatic heterocycles. The Morgan fingerprint density at radius 1 is 0.883 bits per heavy atom. The third kappa shape index (κ3) is 9.94. The van der Waals surface area contributed by atoms with E-state index in [4.69, 9.17) is 28.9 Å². The van der Waals surface area contributed by atoms with Crippen molar-refractivity contribution >= 4 is 58.3 Å². The lowest BCUT2D eigenvalue weighted by Crippen LogP contribution is -2.54. The molecule has 3 aromatic carbocycles. The van der Waals surface area contributed by atoms with Gasteiger partial charge in [-0.3, -0.25) is 43.9 Å². The molecule has 0 saturated carbocycles. The van der Waals surface area contributed by atoms with Crippen LogP contribution in [0.5, 0.6) is 17.2 Å². The molecule has 314 valence electrons. The highest BCUT2D eigenvalue weighted by Gasteiger charge is 2.45. The lowest BCUT2D eigenvalue weighted by molar-refractivity contribution is -0.139. The Morgan fingerprint density at radius 3 is 2.30 bits per heavy atom. The fourth-order valence-corrected chi connectivity index (χ4v) is 7.21. The van der Waals surface area contributed by atoms with Gasteiger partial charge in [0.05, 0.1) is 86.5 Å². The van der Waals surface area contributed by atoms with Crippen LogP contribution in [0.4, 0.5) is 23.7 Å². The summed E-state index contributed by atoms with van der Waals surface area (Å²) >= 11 is 0.721. The molecule has 1 atom stereocenters. The summed E-state index contributed by atoms with van der Waals surface area (Å²) in [5, 5.41) is 13.8. The lowest BCUT2D eigenvalue weighted by Gasteiger charge is -2.27. The van der Waals surface area contributed by atoms with Crippen molar-refractivity contribution in [1.82, 2.24) is 15.1 Å². The highest BCUT2D eigenvalue weighted by atomic mass is 32.2. The van der Waals surface area contributed by atoms with Crippen molar-refractivity contribution in [2.75, 3.05) is 65.2 Å². The summed E-state index contributed by atoms with van der Waals surface area (Å²) in [6, 6.07) is 12.6. The predicted molar refractivity (Wildman–Crippen MR) is 206 cm³/mol. The molecule has 3 aliphatic heterocycles. The number of carbonyl (C=O) groups is 6. The first-order valence-electron chi connectivity index (χ1n) is 18.3. The average Bonchev–Trinajstić information content (AvgIpc) is 3.63. The second kappa shape index (κ2) is 19.2. The van der Waals surface area contributed by atoms with Crippen molar-refractivity contribution in [1.29, 1.82) is 5.26 Å². The predicted octanol–water partition coefficient (Wildman–Crippen LogP) is 4.98. The molecule has 0 spiro atoms. The molecular formula is C40H36F3N5O11S. The molecule has 3 aromatic rings. The highest BCUT2D eigenvalue weighted by Crippen LogP contribution is 2.42. The number of alkyl halides is 3. The van der Waals surface area contributed by atoms with Crippen LogP contribution in [0.15, 0.2) is 59.5 Å². The highest BCUT2D eigenvalue weighted by molar-refractivity contribution is 8.18. The summed E-state index contributed by atoms with van der Waals surface area (Å²) in [6.07, 6.45) is -3.25. The number of nitrogens with one attached hydrogen (secondary N) is 2. The van der Waals surface area contributed by atoms with Crippen LogP contribution < -0.4 is 20.1 Å². The fraction of sp³-hybridized carbons (Fsp3) is 0.325. The van der Waals surface area contributed by atoms with E-state index in [1.807, 2.05) is 0 Å². The fourth-order valence-electron chi connectivity index (χ4n) is 6.35. The molecule has 0 aliphatic carbocycles. The number of ether oxygens (including phenoxy) is 5. The average molecular weight is 852 g/mol. The number of thioether (sulfide) groups is 1. The Balaban J connectivity index is 0.875. The summed E-state index contributed by atoms with van der Waals surface area (Å²) in [5.41, 5.74) is -0.172. The second-order valence-electron chi connectivity index (χ2n) is 13.1. The number of anilines is 1. The quantitative estimate of drug-likeness (QED) is 0.0986.